The molecule has 8 heteroatoms. The van der Waals surface area contributed by atoms with Crippen molar-refractivity contribution < 1.29 is 19.2 Å². The number of carbonyl (C=O) groups excluding carboxylic acids is 4. The second kappa shape index (κ2) is 9.73. The fourth-order valence-corrected chi connectivity index (χ4v) is 4.19. The zero-order chi connectivity index (χ0) is 21.7. The maximum absolute atomic E-state index is 13.1. The smallest absolute Gasteiger partial charge is 0.251 e. The van der Waals surface area contributed by atoms with Crippen LogP contribution >= 0.6 is 0 Å². The molecule has 0 bridgehead atoms. The highest BCUT2D eigenvalue weighted by Crippen LogP contribution is 2.21. The van der Waals surface area contributed by atoms with Gasteiger partial charge in [-0.05, 0) is 37.5 Å². The van der Waals surface area contributed by atoms with Crippen LogP contribution in [0.4, 0.5) is 0 Å². The van der Waals surface area contributed by atoms with Gasteiger partial charge in [-0.3, -0.25) is 19.2 Å². The first-order valence-corrected chi connectivity index (χ1v) is 10.6. The number of benzene rings is 1. The van der Waals surface area contributed by atoms with Crippen LogP contribution < -0.4 is 11.1 Å². The molecule has 2 heterocycles. The molecule has 0 radical (unpaired) electrons. The Bertz CT molecular complexity index is 825. The first kappa shape index (κ1) is 21.8. The van der Waals surface area contributed by atoms with Crippen molar-refractivity contribution in [3.05, 3.63) is 35.4 Å². The number of rotatable bonds is 4. The highest BCUT2D eigenvalue weighted by atomic mass is 16.2. The monoisotopic (exact) mass is 414 g/mol. The van der Waals surface area contributed by atoms with Crippen molar-refractivity contribution in [2.45, 2.75) is 44.6 Å². The Morgan fingerprint density at radius 3 is 2.57 bits per heavy atom. The molecule has 1 aromatic carbocycles. The minimum atomic E-state index is -0.580. The zero-order valence-electron chi connectivity index (χ0n) is 17.4. The molecule has 3 rings (SSSR count). The van der Waals surface area contributed by atoms with Gasteiger partial charge >= 0.3 is 0 Å². The van der Waals surface area contributed by atoms with E-state index in [4.69, 9.17) is 5.73 Å². The van der Waals surface area contributed by atoms with Gasteiger partial charge in [0, 0.05) is 50.3 Å². The van der Waals surface area contributed by atoms with Gasteiger partial charge in [-0.2, -0.15) is 0 Å². The van der Waals surface area contributed by atoms with Crippen molar-refractivity contribution in [2.24, 2.45) is 11.7 Å². The average Bonchev–Trinajstić information content (AvgIpc) is 2.71. The number of nitrogens with one attached hydrogen (secondary N) is 1. The fraction of sp³-hybridized carbons (Fsp3) is 0.545. The third-order valence-corrected chi connectivity index (χ3v) is 5.95. The second-order valence-electron chi connectivity index (χ2n) is 8.26. The van der Waals surface area contributed by atoms with Crippen LogP contribution in [0, 0.1) is 5.92 Å². The Morgan fingerprint density at radius 2 is 1.83 bits per heavy atom. The van der Waals surface area contributed by atoms with Crippen LogP contribution in [0.3, 0.4) is 0 Å². The predicted molar refractivity (Wildman–Crippen MR) is 112 cm³/mol. The van der Waals surface area contributed by atoms with Crippen molar-refractivity contribution in [1.29, 1.82) is 0 Å². The van der Waals surface area contributed by atoms with Crippen molar-refractivity contribution in [2.75, 3.05) is 26.7 Å². The molecule has 2 unspecified atom stereocenters. The number of hydrogen-bond acceptors (Lipinski definition) is 4. The van der Waals surface area contributed by atoms with E-state index in [2.05, 4.69) is 5.32 Å². The molecule has 2 aliphatic rings. The Kier molecular flexibility index (Phi) is 7.07. The summed E-state index contributed by atoms with van der Waals surface area (Å²) >= 11 is 0. The number of hydrogen-bond donors (Lipinski definition) is 2. The lowest BCUT2D eigenvalue weighted by molar-refractivity contribution is -0.142. The second-order valence-corrected chi connectivity index (χ2v) is 8.26. The Balaban J connectivity index is 1.66. The Morgan fingerprint density at radius 1 is 1.07 bits per heavy atom. The van der Waals surface area contributed by atoms with E-state index in [0.717, 1.165) is 25.7 Å². The molecule has 0 aliphatic carbocycles. The van der Waals surface area contributed by atoms with Gasteiger partial charge in [0.05, 0.1) is 5.92 Å². The first-order valence-electron chi connectivity index (χ1n) is 10.6. The molecule has 1 aromatic rings. The minimum absolute atomic E-state index is 0.0613. The van der Waals surface area contributed by atoms with Crippen molar-refractivity contribution >= 4 is 23.6 Å². The highest BCUT2D eigenvalue weighted by Gasteiger charge is 2.32. The molecule has 2 saturated heterocycles. The van der Waals surface area contributed by atoms with E-state index in [1.54, 1.807) is 30.1 Å². The van der Waals surface area contributed by atoms with Gasteiger partial charge in [0.2, 0.25) is 17.7 Å². The Labute approximate surface area is 176 Å². The quantitative estimate of drug-likeness (QED) is 0.770. The average molecular weight is 415 g/mol. The van der Waals surface area contributed by atoms with Crippen LogP contribution in [0.1, 0.15) is 59.2 Å². The van der Waals surface area contributed by atoms with Crippen molar-refractivity contribution in [3.8, 4) is 0 Å². The standard InChI is InChI=1S/C22H30N4O4/c1-25-13-17(9-10-19(25)27)22(30)26-11-4-2-3-8-18(14-26)24-21(29)16-7-5-6-15(12-16)20(23)28/h5-7,12,17-18H,2-4,8-11,13-14H2,1H3,(H2,23,28)(H,24,29). The van der Waals surface area contributed by atoms with Crippen LogP contribution in [-0.2, 0) is 9.59 Å². The summed E-state index contributed by atoms with van der Waals surface area (Å²) in [5.74, 6) is -0.903. The number of piperidine rings is 1. The molecule has 4 amide bonds. The summed E-state index contributed by atoms with van der Waals surface area (Å²) in [5, 5.41) is 3.02. The minimum Gasteiger partial charge on any atom is -0.366 e. The third kappa shape index (κ3) is 5.37. The Hall–Kier alpha value is -2.90. The number of amides is 4. The molecule has 0 spiro atoms. The molecule has 2 fully saturated rings. The largest absolute Gasteiger partial charge is 0.366 e. The number of nitrogens with two attached hydrogens (primary N) is 1. The SMILES string of the molecule is CN1CC(C(=O)N2CCCCCC(NC(=O)c3cccc(C(N)=O)c3)C2)CCC1=O. The number of primary amides is 1. The van der Waals surface area contributed by atoms with Gasteiger partial charge in [0.15, 0.2) is 0 Å². The lowest BCUT2D eigenvalue weighted by Crippen LogP contribution is -2.51. The normalized spacial score (nSPS) is 22.8. The van der Waals surface area contributed by atoms with Gasteiger partial charge in [0.25, 0.3) is 5.91 Å². The summed E-state index contributed by atoms with van der Waals surface area (Å²) in [6.45, 7) is 1.57. The van der Waals surface area contributed by atoms with E-state index in [-0.39, 0.29) is 35.2 Å². The van der Waals surface area contributed by atoms with Gasteiger partial charge in [-0.15, -0.1) is 0 Å². The van der Waals surface area contributed by atoms with Crippen molar-refractivity contribution in [1.82, 2.24) is 15.1 Å². The third-order valence-electron chi connectivity index (χ3n) is 5.95. The summed E-state index contributed by atoms with van der Waals surface area (Å²) in [7, 11) is 1.73. The number of carbonyl (C=O) groups is 4. The summed E-state index contributed by atoms with van der Waals surface area (Å²) < 4.78 is 0. The maximum atomic E-state index is 13.1. The number of nitrogens with zero attached hydrogens (tertiary/aromatic N) is 2. The van der Waals surface area contributed by atoms with Crippen molar-refractivity contribution in [3.63, 3.8) is 0 Å². The molecular formula is C22H30N4O4. The fourth-order valence-electron chi connectivity index (χ4n) is 4.19. The van der Waals surface area contributed by atoms with Gasteiger partial charge < -0.3 is 20.9 Å². The molecule has 30 heavy (non-hydrogen) atoms. The molecule has 162 valence electrons. The van der Waals surface area contributed by atoms with Crippen LogP contribution in [0.25, 0.3) is 0 Å². The summed E-state index contributed by atoms with van der Waals surface area (Å²) in [6.07, 6.45) is 4.68. The van der Waals surface area contributed by atoms with Gasteiger partial charge in [0.1, 0.15) is 0 Å². The molecule has 0 aromatic heterocycles. The first-order chi connectivity index (χ1) is 14.3. The molecule has 2 aliphatic heterocycles. The van der Waals surface area contributed by atoms with E-state index >= 15 is 0 Å². The zero-order valence-corrected chi connectivity index (χ0v) is 17.4. The molecule has 8 nitrogen and oxygen atoms in total. The molecular weight excluding hydrogens is 384 g/mol. The molecule has 3 N–H and O–H groups in total. The number of likely N-dealkylation sites (tertiary alicyclic amines) is 2. The van der Waals surface area contributed by atoms with E-state index in [9.17, 15) is 19.2 Å². The topological polar surface area (TPSA) is 113 Å². The summed E-state index contributed by atoms with van der Waals surface area (Å²) in [5.41, 5.74) is 5.97. The van der Waals surface area contributed by atoms with Crippen LogP contribution in [0.5, 0.6) is 0 Å². The lowest BCUT2D eigenvalue weighted by atomic mass is 9.95. The van der Waals surface area contributed by atoms with E-state index in [1.165, 1.54) is 6.07 Å². The lowest BCUT2D eigenvalue weighted by Gasteiger charge is -2.36. The maximum Gasteiger partial charge on any atom is 0.251 e. The van der Waals surface area contributed by atoms with Crippen LogP contribution in [0.15, 0.2) is 24.3 Å². The van der Waals surface area contributed by atoms with Crippen LogP contribution in [0.2, 0.25) is 0 Å². The molecule has 2 atom stereocenters. The summed E-state index contributed by atoms with van der Waals surface area (Å²) in [6, 6.07) is 6.16. The van der Waals surface area contributed by atoms with E-state index < -0.39 is 5.91 Å². The van der Waals surface area contributed by atoms with Gasteiger partial charge in [-0.25, -0.2) is 0 Å². The van der Waals surface area contributed by atoms with E-state index in [1.807, 2.05) is 4.90 Å². The molecule has 0 saturated carbocycles. The highest BCUT2D eigenvalue weighted by molar-refractivity contribution is 5.99. The summed E-state index contributed by atoms with van der Waals surface area (Å²) in [4.78, 5) is 52.4. The predicted octanol–water partition coefficient (Wildman–Crippen LogP) is 1.15. The van der Waals surface area contributed by atoms with Crippen LogP contribution in [-0.4, -0.2) is 66.2 Å². The van der Waals surface area contributed by atoms with E-state index in [0.29, 0.717) is 38.0 Å². The van der Waals surface area contributed by atoms with Gasteiger partial charge in [-0.1, -0.05) is 18.9 Å².